The zero-order chi connectivity index (χ0) is 30.4. The molecule has 0 aromatic heterocycles. The van der Waals surface area contributed by atoms with E-state index in [9.17, 15) is 19.2 Å². The topological polar surface area (TPSA) is 68.3 Å². The van der Waals surface area contributed by atoms with Crippen LogP contribution in [0, 0.1) is 0 Å². The van der Waals surface area contributed by atoms with Crippen LogP contribution in [-0.2, 0) is 19.2 Å². The van der Waals surface area contributed by atoms with Crippen molar-refractivity contribution >= 4 is 23.1 Å². The van der Waals surface area contributed by atoms with E-state index in [0.717, 1.165) is 77.0 Å². The summed E-state index contributed by atoms with van der Waals surface area (Å²) in [6.07, 6.45) is 40.4. The quantitative estimate of drug-likeness (QED) is 0.267. The van der Waals surface area contributed by atoms with Crippen molar-refractivity contribution in [3.63, 3.8) is 0 Å². The van der Waals surface area contributed by atoms with Crippen molar-refractivity contribution in [2.24, 2.45) is 0 Å². The highest BCUT2D eigenvalue weighted by Gasteiger charge is 2.02. The molecule has 0 aromatic carbocycles. The minimum atomic E-state index is 0.224. The molecule has 0 unspecified atom stereocenters. The molecule has 236 valence electrons. The van der Waals surface area contributed by atoms with Crippen LogP contribution in [0.5, 0.6) is 0 Å². The zero-order valence-corrected chi connectivity index (χ0v) is 26.6. The van der Waals surface area contributed by atoms with Crippen LogP contribution in [0.3, 0.4) is 0 Å². The molecule has 0 saturated heterocycles. The molecule has 1 aliphatic rings. The molecule has 0 amide bonds. The first-order valence-corrected chi connectivity index (χ1v) is 17.3. The molecule has 0 spiro atoms. The first-order valence-electron chi connectivity index (χ1n) is 17.3. The lowest BCUT2D eigenvalue weighted by atomic mass is 10.0. The van der Waals surface area contributed by atoms with Crippen molar-refractivity contribution in [1.82, 2.24) is 0 Å². The highest BCUT2D eigenvalue weighted by Crippen LogP contribution is 2.13. The molecule has 0 aliphatic heterocycles. The maximum Gasteiger partial charge on any atom is 0.155 e. The molecule has 1 rings (SSSR count). The van der Waals surface area contributed by atoms with E-state index in [0.29, 0.717) is 50.1 Å². The van der Waals surface area contributed by atoms with Crippen molar-refractivity contribution in [1.29, 1.82) is 0 Å². The van der Waals surface area contributed by atoms with E-state index in [2.05, 4.69) is 0 Å². The normalized spacial score (nSPS) is 21.5. The van der Waals surface area contributed by atoms with Crippen LogP contribution in [0.2, 0.25) is 0 Å². The smallest absolute Gasteiger partial charge is 0.155 e. The summed E-state index contributed by atoms with van der Waals surface area (Å²) in [6.45, 7) is 0. The molecule has 0 atom stereocenters. The summed E-state index contributed by atoms with van der Waals surface area (Å²) in [5.41, 5.74) is 0. The fraction of sp³-hybridized carbons (Fsp3) is 0.684. The van der Waals surface area contributed by atoms with Gasteiger partial charge in [-0.15, -0.1) is 0 Å². The number of carbonyl (C=O) groups is 4. The van der Waals surface area contributed by atoms with E-state index < -0.39 is 0 Å². The third kappa shape index (κ3) is 26.5. The van der Waals surface area contributed by atoms with Gasteiger partial charge in [0.15, 0.2) is 11.6 Å². The Labute approximate surface area is 257 Å². The number of carbonyl (C=O) groups excluding carboxylic acids is 4. The van der Waals surface area contributed by atoms with Gasteiger partial charge in [0.25, 0.3) is 0 Å². The van der Waals surface area contributed by atoms with Crippen molar-refractivity contribution in [2.45, 2.75) is 167 Å². The first-order chi connectivity index (χ1) is 20.6. The molecule has 0 fully saturated rings. The molecule has 4 heteroatoms. The summed E-state index contributed by atoms with van der Waals surface area (Å²) < 4.78 is 0. The van der Waals surface area contributed by atoms with Gasteiger partial charge in [-0.3, -0.25) is 19.2 Å². The van der Waals surface area contributed by atoms with Crippen LogP contribution in [0.15, 0.2) is 48.6 Å². The number of Topliss-reactive ketones (excluding diaryl/α,β-unsaturated/α-hetero) is 2. The van der Waals surface area contributed by atoms with Gasteiger partial charge >= 0.3 is 0 Å². The minimum Gasteiger partial charge on any atom is -0.299 e. The molecule has 0 bridgehead atoms. The van der Waals surface area contributed by atoms with Crippen molar-refractivity contribution < 1.29 is 19.2 Å². The third-order valence-corrected chi connectivity index (χ3v) is 7.90. The molecule has 0 aromatic rings. The lowest BCUT2D eigenvalue weighted by Crippen LogP contribution is -1.95. The molecule has 0 radical (unpaired) electrons. The van der Waals surface area contributed by atoms with E-state index >= 15 is 0 Å². The Morgan fingerprint density at radius 1 is 0.333 bits per heavy atom. The molecule has 0 saturated carbocycles. The van der Waals surface area contributed by atoms with E-state index in [-0.39, 0.29) is 11.6 Å². The average molecular weight is 581 g/mol. The predicted molar refractivity (Wildman–Crippen MR) is 177 cm³/mol. The van der Waals surface area contributed by atoms with Crippen LogP contribution in [0.4, 0.5) is 0 Å². The Morgan fingerprint density at radius 3 is 1.05 bits per heavy atom. The van der Waals surface area contributed by atoms with Gasteiger partial charge in [-0.2, -0.15) is 0 Å². The standard InChI is InChI=1S/C38H60O4/c39-35-27-19-11-5-1-2-6-12-20-28-36(40)32-24-16-10-18-26-34-38(42)30-22-14-8-4-3-7-13-21-29-37(41)33-25-17-9-15-23-31-35/h15,17,23-26,32,34H,1-14,16,18-22,27-31,33H2. The summed E-state index contributed by atoms with van der Waals surface area (Å²) in [5, 5.41) is 0. The summed E-state index contributed by atoms with van der Waals surface area (Å²) in [4.78, 5) is 48.2. The second kappa shape index (κ2) is 28.7. The second-order valence-electron chi connectivity index (χ2n) is 12.0. The van der Waals surface area contributed by atoms with Gasteiger partial charge in [0.2, 0.25) is 0 Å². The van der Waals surface area contributed by atoms with Crippen molar-refractivity contribution in [3.05, 3.63) is 48.6 Å². The molecular formula is C38H60O4. The van der Waals surface area contributed by atoms with Crippen LogP contribution in [0.25, 0.3) is 0 Å². The molecule has 42 heavy (non-hydrogen) atoms. The molecule has 0 heterocycles. The van der Waals surface area contributed by atoms with E-state index in [1.807, 2.05) is 36.5 Å². The zero-order valence-electron chi connectivity index (χ0n) is 26.6. The molecule has 1 aliphatic carbocycles. The van der Waals surface area contributed by atoms with Crippen molar-refractivity contribution in [2.75, 3.05) is 0 Å². The van der Waals surface area contributed by atoms with Gasteiger partial charge in [0.1, 0.15) is 11.6 Å². The van der Waals surface area contributed by atoms with Gasteiger partial charge in [0.05, 0.1) is 0 Å². The number of hydrogen-bond donors (Lipinski definition) is 0. The maximum absolute atomic E-state index is 12.1. The van der Waals surface area contributed by atoms with Crippen LogP contribution in [-0.4, -0.2) is 23.1 Å². The molecular weight excluding hydrogens is 520 g/mol. The summed E-state index contributed by atoms with van der Waals surface area (Å²) in [5.74, 6) is 1.07. The maximum atomic E-state index is 12.1. The van der Waals surface area contributed by atoms with Crippen LogP contribution >= 0.6 is 0 Å². The van der Waals surface area contributed by atoms with E-state index in [1.54, 1.807) is 12.2 Å². The lowest BCUT2D eigenvalue weighted by Gasteiger charge is -2.02. The fourth-order valence-corrected chi connectivity index (χ4v) is 5.22. The predicted octanol–water partition coefficient (Wildman–Crippen LogP) is 10.6. The Bertz CT molecular complexity index is 777. The number of allylic oxidation sites excluding steroid dienone is 8. The number of rotatable bonds is 0. The number of hydrogen-bond acceptors (Lipinski definition) is 4. The largest absolute Gasteiger partial charge is 0.299 e. The van der Waals surface area contributed by atoms with E-state index in [1.165, 1.54) is 51.4 Å². The van der Waals surface area contributed by atoms with Gasteiger partial charge in [0, 0.05) is 38.5 Å². The van der Waals surface area contributed by atoms with Gasteiger partial charge in [-0.25, -0.2) is 0 Å². The number of ketones is 4. The summed E-state index contributed by atoms with van der Waals surface area (Å²) in [7, 11) is 0. The van der Waals surface area contributed by atoms with Crippen LogP contribution < -0.4 is 0 Å². The van der Waals surface area contributed by atoms with Gasteiger partial charge in [-0.1, -0.05) is 114 Å². The Balaban J connectivity index is 2.32. The second-order valence-corrected chi connectivity index (χ2v) is 12.0. The van der Waals surface area contributed by atoms with Gasteiger partial charge in [-0.05, 0) is 63.5 Å². The Kier molecular flexibility index (Phi) is 25.8. The Hall–Kier alpha value is -2.36. The van der Waals surface area contributed by atoms with Gasteiger partial charge < -0.3 is 0 Å². The highest BCUT2D eigenvalue weighted by molar-refractivity contribution is 5.89. The molecule has 4 nitrogen and oxygen atoms in total. The fourth-order valence-electron chi connectivity index (χ4n) is 5.22. The first kappa shape index (κ1) is 37.7. The van der Waals surface area contributed by atoms with E-state index in [4.69, 9.17) is 0 Å². The summed E-state index contributed by atoms with van der Waals surface area (Å²) in [6, 6.07) is 0. The monoisotopic (exact) mass is 580 g/mol. The minimum absolute atomic E-state index is 0.224. The average Bonchev–Trinajstić information content (AvgIpc) is 2.97. The highest BCUT2D eigenvalue weighted by atomic mass is 16.1. The van der Waals surface area contributed by atoms with Crippen molar-refractivity contribution in [3.8, 4) is 0 Å². The summed E-state index contributed by atoms with van der Waals surface area (Å²) >= 11 is 0. The lowest BCUT2D eigenvalue weighted by molar-refractivity contribution is -0.119. The van der Waals surface area contributed by atoms with Crippen LogP contribution in [0.1, 0.15) is 167 Å². The Morgan fingerprint density at radius 2 is 0.667 bits per heavy atom. The third-order valence-electron chi connectivity index (χ3n) is 7.90. The molecule has 0 N–H and O–H groups in total. The SMILES string of the molecule is O=C1C=CCCCC=CC(=O)CCCCCCCCCCC(=O)CC=CCC=CCC(=O)CCCCCCCCCC1.